The number of rotatable bonds is 4. The number of hydrogen-bond donors (Lipinski definition) is 0. The van der Waals surface area contributed by atoms with Crippen molar-refractivity contribution in [3.8, 4) is 5.92 Å². The van der Waals surface area contributed by atoms with Crippen LogP contribution in [0.1, 0.15) is 13.8 Å². The van der Waals surface area contributed by atoms with E-state index in [-0.39, 0.29) is 0 Å². The summed E-state index contributed by atoms with van der Waals surface area (Å²) in [5.41, 5.74) is 0. The van der Waals surface area contributed by atoms with Gasteiger partial charge in [-0.3, -0.25) is 0 Å². The molecule has 0 saturated heterocycles. The van der Waals surface area contributed by atoms with Gasteiger partial charge in [-0.2, -0.15) is 0 Å². The number of hydrogen-bond acceptors (Lipinski definition) is 0. The zero-order valence-electron chi connectivity index (χ0n) is 14.1. The van der Waals surface area contributed by atoms with E-state index in [1.54, 1.807) is 0 Å². The van der Waals surface area contributed by atoms with Crippen LogP contribution in [0.3, 0.4) is 0 Å². The second-order valence-corrected chi connectivity index (χ2v) is 10.4. The van der Waals surface area contributed by atoms with Crippen LogP contribution in [-0.4, -0.2) is 5.16 Å². The molecule has 0 saturated carbocycles. The standard InChI is InChI=1S/C23H21P/c1-4-23(2,3)24(20-14-8-5-9-15-20,21-16-10-6-11-17-21)22-18-12-7-13-19-22/h5-19H,2-3H3. The monoisotopic (exact) mass is 328 g/mol. The molecule has 118 valence electrons. The zero-order valence-corrected chi connectivity index (χ0v) is 15.0. The van der Waals surface area contributed by atoms with Crippen molar-refractivity contribution < 1.29 is 0 Å². The smallest absolute Gasteiger partial charge is 0.126 e. The summed E-state index contributed by atoms with van der Waals surface area (Å²) in [5.74, 6) is 2.88. The molecule has 0 N–H and O–H groups in total. The minimum atomic E-state index is -2.05. The third-order valence-corrected chi connectivity index (χ3v) is 9.58. The van der Waals surface area contributed by atoms with Gasteiger partial charge in [0.2, 0.25) is 0 Å². The van der Waals surface area contributed by atoms with Crippen molar-refractivity contribution in [3.05, 3.63) is 97.4 Å². The van der Waals surface area contributed by atoms with Crippen LogP contribution in [0.4, 0.5) is 0 Å². The van der Waals surface area contributed by atoms with Gasteiger partial charge in [0, 0.05) is 0 Å². The molecule has 0 heterocycles. The van der Waals surface area contributed by atoms with Crippen LogP contribution in [0.5, 0.6) is 0 Å². The molecule has 3 aromatic carbocycles. The average molecular weight is 328 g/mol. The molecule has 0 bridgehead atoms. The molecule has 0 radical (unpaired) electrons. The lowest BCUT2D eigenvalue weighted by molar-refractivity contribution is 0.913. The molecule has 1 heteroatoms. The molecule has 0 amide bonds. The second-order valence-electron chi connectivity index (χ2n) is 6.36. The Bertz CT molecular complexity index is 731. The summed E-state index contributed by atoms with van der Waals surface area (Å²) in [4.78, 5) is 0. The van der Waals surface area contributed by atoms with Crippen LogP contribution < -0.4 is 15.9 Å². The van der Waals surface area contributed by atoms with Crippen molar-refractivity contribution in [1.82, 2.24) is 0 Å². The Hall–Kier alpha value is -2.35. The first kappa shape index (κ1) is 16.5. The quantitative estimate of drug-likeness (QED) is 0.379. The molecule has 0 spiro atoms. The minimum absolute atomic E-state index is 0.406. The first-order valence-electron chi connectivity index (χ1n) is 8.13. The fourth-order valence-electron chi connectivity index (χ4n) is 3.45. The summed E-state index contributed by atoms with van der Waals surface area (Å²) >= 11 is 0. The van der Waals surface area contributed by atoms with E-state index >= 15 is 0 Å². The number of benzene rings is 3. The highest BCUT2D eigenvalue weighted by Crippen LogP contribution is 2.65. The topological polar surface area (TPSA) is 0 Å². The maximum atomic E-state index is 8.09. The highest BCUT2D eigenvalue weighted by Gasteiger charge is 2.55. The summed E-state index contributed by atoms with van der Waals surface area (Å²) < 4.78 is 0. The van der Waals surface area contributed by atoms with Crippen molar-refractivity contribution in [3.63, 3.8) is 0 Å². The fourth-order valence-corrected chi connectivity index (χ4v) is 8.31. The molecular weight excluding hydrogens is 307 g/mol. The molecule has 0 aliphatic heterocycles. The Morgan fingerprint density at radius 1 is 0.625 bits per heavy atom. The first-order valence-corrected chi connectivity index (χ1v) is 9.92. The van der Waals surface area contributed by atoms with Crippen molar-refractivity contribution in [2.45, 2.75) is 19.0 Å². The summed E-state index contributed by atoms with van der Waals surface area (Å²) in [7, 11) is -2.05. The van der Waals surface area contributed by atoms with Gasteiger partial charge in [-0.25, -0.2) is 0 Å². The minimum Gasteiger partial charge on any atom is -0.689 e. The van der Waals surface area contributed by atoms with E-state index in [0.29, 0.717) is 0 Å². The van der Waals surface area contributed by atoms with E-state index in [2.05, 4.69) is 111 Å². The molecule has 0 aliphatic carbocycles. The molecular formula is C23H21P. The lowest BCUT2D eigenvalue weighted by Gasteiger charge is -2.39. The third kappa shape index (κ3) is 2.56. The maximum Gasteiger partial charge on any atom is 0.126 e. The molecule has 0 nitrogen and oxygen atoms in total. The average Bonchev–Trinajstić information content (AvgIpc) is 2.65. The molecule has 0 atom stereocenters. The van der Waals surface area contributed by atoms with Gasteiger partial charge in [0.25, 0.3) is 0 Å². The van der Waals surface area contributed by atoms with Gasteiger partial charge in [-0.15, -0.1) is 0 Å². The van der Waals surface area contributed by atoms with Crippen molar-refractivity contribution in [2.24, 2.45) is 0 Å². The van der Waals surface area contributed by atoms with Gasteiger partial charge in [0.15, 0.2) is 0 Å². The predicted octanol–water partition coefficient (Wildman–Crippen LogP) is 4.35. The van der Waals surface area contributed by atoms with E-state index in [1.165, 1.54) is 15.9 Å². The van der Waals surface area contributed by atoms with Crippen molar-refractivity contribution in [1.29, 1.82) is 0 Å². The zero-order chi connectivity index (χ0) is 17.0. The predicted molar refractivity (Wildman–Crippen MR) is 106 cm³/mol. The van der Waals surface area contributed by atoms with Gasteiger partial charge < -0.3 is 12.3 Å². The lowest BCUT2D eigenvalue weighted by Crippen LogP contribution is -2.43. The van der Waals surface area contributed by atoms with E-state index in [4.69, 9.17) is 6.42 Å². The van der Waals surface area contributed by atoms with Gasteiger partial charge in [-0.1, -0.05) is 54.6 Å². The fraction of sp³-hybridized carbons (Fsp3) is 0.130. The molecule has 0 unspecified atom stereocenters. The van der Waals surface area contributed by atoms with Crippen LogP contribution in [-0.2, 0) is 0 Å². The van der Waals surface area contributed by atoms with E-state index < -0.39 is 12.4 Å². The molecule has 0 fully saturated rings. The van der Waals surface area contributed by atoms with Crippen molar-refractivity contribution in [2.75, 3.05) is 0 Å². The van der Waals surface area contributed by atoms with E-state index in [9.17, 15) is 0 Å². The van der Waals surface area contributed by atoms with E-state index in [1.807, 2.05) is 0 Å². The Balaban J connectivity index is 2.45. The Morgan fingerprint density at radius 3 is 1.17 bits per heavy atom. The van der Waals surface area contributed by atoms with Crippen molar-refractivity contribution >= 4 is 23.2 Å². The van der Waals surface area contributed by atoms with Crippen LogP contribution in [0.25, 0.3) is 0 Å². The second kappa shape index (κ2) is 6.64. The molecule has 24 heavy (non-hydrogen) atoms. The Morgan fingerprint density at radius 2 is 0.917 bits per heavy atom. The van der Waals surface area contributed by atoms with Crippen LogP contribution in [0.2, 0.25) is 0 Å². The molecule has 0 aliphatic rings. The van der Waals surface area contributed by atoms with Gasteiger partial charge >= 0.3 is 0 Å². The van der Waals surface area contributed by atoms with Crippen LogP contribution in [0, 0.1) is 12.3 Å². The SMILES string of the molecule is [C-]#CC(C)(C)[P+](c1ccccc1)(c1ccccc1)c1ccccc1. The first-order chi connectivity index (χ1) is 11.6. The normalized spacial score (nSPS) is 11.7. The summed E-state index contributed by atoms with van der Waals surface area (Å²) in [6, 6.07) is 31.9. The Labute approximate surface area is 145 Å². The molecule has 3 rings (SSSR count). The summed E-state index contributed by atoms with van der Waals surface area (Å²) in [5, 5.41) is 3.45. The molecule has 0 aromatic heterocycles. The summed E-state index contributed by atoms with van der Waals surface area (Å²) in [6.45, 7) is 4.28. The Kier molecular flexibility index (Phi) is 4.57. The van der Waals surface area contributed by atoms with Gasteiger partial charge in [0.05, 0.1) is 0 Å². The largest absolute Gasteiger partial charge is 0.689 e. The lowest BCUT2D eigenvalue weighted by atomic mass is 10.2. The van der Waals surface area contributed by atoms with E-state index in [0.717, 1.165) is 0 Å². The highest BCUT2D eigenvalue weighted by atomic mass is 31.2. The summed E-state index contributed by atoms with van der Waals surface area (Å²) in [6.07, 6.45) is 8.09. The van der Waals surface area contributed by atoms with Crippen LogP contribution in [0.15, 0.2) is 91.0 Å². The maximum absolute atomic E-state index is 8.09. The third-order valence-electron chi connectivity index (χ3n) is 4.57. The molecule has 3 aromatic rings. The highest BCUT2D eigenvalue weighted by molar-refractivity contribution is 7.97. The van der Waals surface area contributed by atoms with Gasteiger partial charge in [-0.05, 0) is 50.2 Å². The van der Waals surface area contributed by atoms with Crippen LogP contribution >= 0.6 is 7.26 Å². The van der Waals surface area contributed by atoms with Gasteiger partial charge in [0.1, 0.15) is 28.3 Å².